The van der Waals surface area contributed by atoms with Gasteiger partial charge in [-0.05, 0) is 12.1 Å². The number of rotatable bonds is 2. The summed E-state index contributed by atoms with van der Waals surface area (Å²) in [6, 6.07) is 10.9. The first-order valence-electron chi connectivity index (χ1n) is 5.04. The number of nitrogen functional groups attached to an aromatic ring is 2. The minimum atomic E-state index is -0.662. The second-order valence-electron chi connectivity index (χ2n) is 3.62. The number of benzene rings is 2. The van der Waals surface area contributed by atoms with Crippen LogP contribution in [0.4, 0.5) is 15.8 Å². The smallest absolute Gasteiger partial charge is 0.198 e. The van der Waals surface area contributed by atoms with Gasteiger partial charge in [0.05, 0.1) is 16.9 Å². The third-order valence-corrected chi connectivity index (χ3v) is 2.49. The molecule has 2 aromatic rings. The number of halogens is 1. The fraction of sp³-hybridized carbons (Fsp3) is 0. The predicted molar refractivity (Wildman–Crippen MR) is 65.1 cm³/mol. The molecule has 0 aromatic heterocycles. The Morgan fingerprint density at radius 2 is 1.65 bits per heavy atom. The van der Waals surface area contributed by atoms with E-state index in [1.165, 1.54) is 6.07 Å². The maximum absolute atomic E-state index is 13.6. The molecule has 0 aliphatic carbocycles. The van der Waals surface area contributed by atoms with Crippen molar-refractivity contribution in [2.45, 2.75) is 0 Å². The van der Waals surface area contributed by atoms with Gasteiger partial charge in [0.15, 0.2) is 5.78 Å². The molecule has 2 aromatic carbocycles. The molecule has 0 atom stereocenters. The Balaban J connectivity index is 2.56. The number of hydrogen-bond donors (Lipinski definition) is 2. The van der Waals surface area contributed by atoms with Crippen LogP contribution in [-0.2, 0) is 0 Å². The summed E-state index contributed by atoms with van der Waals surface area (Å²) in [5, 5.41) is 0. The number of anilines is 2. The molecule has 0 heterocycles. The first kappa shape index (κ1) is 11.1. The fourth-order valence-corrected chi connectivity index (χ4v) is 1.57. The van der Waals surface area contributed by atoms with Gasteiger partial charge in [0.2, 0.25) is 0 Å². The summed E-state index contributed by atoms with van der Waals surface area (Å²) in [7, 11) is 0. The van der Waals surface area contributed by atoms with Crippen LogP contribution in [0.1, 0.15) is 15.9 Å². The summed E-state index contributed by atoms with van der Waals surface area (Å²) in [6.07, 6.45) is 0. The topological polar surface area (TPSA) is 69.1 Å². The number of hydrogen-bond acceptors (Lipinski definition) is 3. The van der Waals surface area contributed by atoms with Crippen molar-refractivity contribution in [1.82, 2.24) is 0 Å². The van der Waals surface area contributed by atoms with Gasteiger partial charge in [0.25, 0.3) is 0 Å². The summed E-state index contributed by atoms with van der Waals surface area (Å²) in [5.74, 6) is -1.13. The Hall–Kier alpha value is -2.36. The van der Waals surface area contributed by atoms with E-state index in [2.05, 4.69) is 0 Å². The van der Waals surface area contributed by atoms with Crippen LogP contribution in [0.2, 0.25) is 0 Å². The van der Waals surface area contributed by atoms with Gasteiger partial charge in [0, 0.05) is 5.56 Å². The monoisotopic (exact) mass is 230 g/mol. The molecule has 0 unspecified atom stereocenters. The Bertz CT molecular complexity index is 567. The maximum Gasteiger partial charge on any atom is 0.198 e. The van der Waals surface area contributed by atoms with Gasteiger partial charge in [-0.25, -0.2) is 4.39 Å². The van der Waals surface area contributed by atoms with E-state index < -0.39 is 11.6 Å². The molecule has 0 aliphatic rings. The Morgan fingerprint density at radius 3 is 2.29 bits per heavy atom. The standard InChI is InChI=1S/C13H11FN2O/c14-9-6-7-10(15)12(16)11(9)13(17)8-4-2-1-3-5-8/h1-7H,15-16H2. The Kier molecular flexibility index (Phi) is 2.78. The number of nitrogens with two attached hydrogens (primary N) is 2. The quantitative estimate of drug-likeness (QED) is 0.614. The number of carbonyl (C=O) groups excluding carboxylic acids is 1. The van der Waals surface area contributed by atoms with Gasteiger partial charge in [-0.3, -0.25) is 4.79 Å². The lowest BCUT2D eigenvalue weighted by molar-refractivity contribution is 0.103. The summed E-state index contributed by atoms with van der Waals surface area (Å²) in [5.41, 5.74) is 11.6. The molecule has 0 aliphatic heterocycles. The largest absolute Gasteiger partial charge is 0.397 e. The zero-order chi connectivity index (χ0) is 12.4. The second kappa shape index (κ2) is 4.25. The van der Waals surface area contributed by atoms with Crippen molar-refractivity contribution in [3.63, 3.8) is 0 Å². The van der Waals surface area contributed by atoms with E-state index in [0.717, 1.165) is 6.07 Å². The lowest BCUT2D eigenvalue weighted by atomic mass is 10.0. The van der Waals surface area contributed by atoms with Gasteiger partial charge < -0.3 is 11.5 Å². The van der Waals surface area contributed by atoms with Gasteiger partial charge >= 0.3 is 0 Å². The van der Waals surface area contributed by atoms with Crippen LogP contribution in [0.25, 0.3) is 0 Å². The molecule has 0 fully saturated rings. The Morgan fingerprint density at radius 1 is 1.00 bits per heavy atom. The van der Waals surface area contributed by atoms with Crippen molar-refractivity contribution in [2.75, 3.05) is 11.5 Å². The molecular weight excluding hydrogens is 219 g/mol. The van der Waals surface area contributed by atoms with E-state index in [1.54, 1.807) is 30.3 Å². The van der Waals surface area contributed by atoms with Crippen LogP contribution < -0.4 is 11.5 Å². The van der Waals surface area contributed by atoms with Gasteiger partial charge in [-0.1, -0.05) is 30.3 Å². The number of carbonyl (C=O) groups is 1. The van der Waals surface area contributed by atoms with Crippen molar-refractivity contribution < 1.29 is 9.18 Å². The first-order chi connectivity index (χ1) is 8.11. The van der Waals surface area contributed by atoms with Crippen molar-refractivity contribution in [1.29, 1.82) is 0 Å². The van der Waals surface area contributed by atoms with E-state index in [0.29, 0.717) is 5.56 Å². The molecule has 2 rings (SSSR count). The third-order valence-electron chi connectivity index (χ3n) is 2.49. The van der Waals surface area contributed by atoms with Gasteiger partial charge in [-0.2, -0.15) is 0 Å². The van der Waals surface area contributed by atoms with Crippen LogP contribution in [0, 0.1) is 5.82 Å². The maximum atomic E-state index is 13.6. The second-order valence-corrected chi connectivity index (χ2v) is 3.62. The lowest BCUT2D eigenvalue weighted by Crippen LogP contribution is -2.10. The summed E-state index contributed by atoms with van der Waals surface area (Å²) in [6.45, 7) is 0. The van der Waals surface area contributed by atoms with E-state index in [1.807, 2.05) is 0 Å². The van der Waals surface area contributed by atoms with E-state index in [9.17, 15) is 9.18 Å². The first-order valence-corrected chi connectivity index (χ1v) is 5.04. The summed E-state index contributed by atoms with van der Waals surface area (Å²) >= 11 is 0. The summed E-state index contributed by atoms with van der Waals surface area (Å²) in [4.78, 5) is 12.1. The zero-order valence-corrected chi connectivity index (χ0v) is 8.98. The van der Waals surface area contributed by atoms with Crippen LogP contribution in [-0.4, -0.2) is 5.78 Å². The molecule has 3 nitrogen and oxygen atoms in total. The molecule has 17 heavy (non-hydrogen) atoms. The highest BCUT2D eigenvalue weighted by Gasteiger charge is 2.18. The van der Waals surface area contributed by atoms with E-state index >= 15 is 0 Å². The van der Waals surface area contributed by atoms with Crippen LogP contribution >= 0.6 is 0 Å². The SMILES string of the molecule is Nc1ccc(F)c(C(=O)c2ccccc2)c1N. The zero-order valence-electron chi connectivity index (χ0n) is 8.98. The van der Waals surface area contributed by atoms with Crippen molar-refractivity contribution in [2.24, 2.45) is 0 Å². The fourth-order valence-electron chi connectivity index (χ4n) is 1.57. The molecule has 4 N–H and O–H groups in total. The minimum Gasteiger partial charge on any atom is -0.397 e. The van der Waals surface area contributed by atoms with Crippen LogP contribution in [0.3, 0.4) is 0 Å². The van der Waals surface area contributed by atoms with Crippen molar-refractivity contribution in [3.8, 4) is 0 Å². The molecule has 4 heteroatoms. The average Bonchev–Trinajstić information content (AvgIpc) is 2.35. The highest BCUT2D eigenvalue weighted by Crippen LogP contribution is 2.25. The van der Waals surface area contributed by atoms with Crippen molar-refractivity contribution in [3.05, 3.63) is 59.4 Å². The highest BCUT2D eigenvalue weighted by atomic mass is 19.1. The molecule has 0 saturated carbocycles. The molecule has 0 bridgehead atoms. The molecule has 0 saturated heterocycles. The number of ketones is 1. The van der Waals surface area contributed by atoms with E-state index in [-0.39, 0.29) is 16.9 Å². The predicted octanol–water partition coefficient (Wildman–Crippen LogP) is 2.22. The van der Waals surface area contributed by atoms with Crippen LogP contribution in [0.5, 0.6) is 0 Å². The molecule has 0 amide bonds. The highest BCUT2D eigenvalue weighted by molar-refractivity contribution is 6.13. The Labute approximate surface area is 97.9 Å². The third kappa shape index (κ3) is 1.97. The van der Waals surface area contributed by atoms with E-state index in [4.69, 9.17) is 11.5 Å². The molecule has 0 radical (unpaired) electrons. The molecule has 86 valence electrons. The minimum absolute atomic E-state index is 0.0150. The van der Waals surface area contributed by atoms with Gasteiger partial charge in [0.1, 0.15) is 5.82 Å². The van der Waals surface area contributed by atoms with Crippen molar-refractivity contribution >= 4 is 17.2 Å². The average molecular weight is 230 g/mol. The summed E-state index contributed by atoms with van der Waals surface area (Å²) < 4.78 is 13.6. The van der Waals surface area contributed by atoms with Gasteiger partial charge in [-0.15, -0.1) is 0 Å². The molecular formula is C13H11FN2O. The lowest BCUT2D eigenvalue weighted by Gasteiger charge is -2.08. The molecule has 0 spiro atoms. The normalized spacial score (nSPS) is 10.2. The van der Waals surface area contributed by atoms with Crippen LogP contribution in [0.15, 0.2) is 42.5 Å².